The first-order chi connectivity index (χ1) is 8.37. The number of anilines is 1. The summed E-state index contributed by atoms with van der Waals surface area (Å²) < 4.78 is 0. The minimum absolute atomic E-state index is 0.254. The van der Waals surface area contributed by atoms with Crippen LogP contribution in [0.2, 0.25) is 0 Å². The molecule has 2 rings (SSSR count). The van der Waals surface area contributed by atoms with Crippen LogP contribution < -0.4 is 10.6 Å². The molecule has 2 nitrogen and oxygen atoms in total. The Kier molecular flexibility index (Phi) is 3.67. The maximum atomic E-state index is 3.73. The van der Waals surface area contributed by atoms with Gasteiger partial charge in [0.05, 0.1) is 0 Å². The number of aryl methyl sites for hydroxylation is 3. The molecule has 18 heavy (non-hydrogen) atoms. The van der Waals surface area contributed by atoms with Gasteiger partial charge in [-0.3, -0.25) is 0 Å². The zero-order valence-corrected chi connectivity index (χ0v) is 12.4. The maximum Gasteiger partial charge on any atom is 0.0374 e. The highest BCUT2D eigenvalue weighted by atomic mass is 15.0. The first-order valence-electron chi connectivity index (χ1n) is 6.97. The highest BCUT2D eigenvalue weighted by Crippen LogP contribution is 2.25. The molecular weight excluding hydrogens is 220 g/mol. The molecule has 0 bridgehead atoms. The van der Waals surface area contributed by atoms with E-state index in [9.17, 15) is 0 Å². The first-order valence-corrected chi connectivity index (χ1v) is 6.97. The number of piperidine rings is 1. The second-order valence-electron chi connectivity index (χ2n) is 6.40. The van der Waals surface area contributed by atoms with Gasteiger partial charge in [-0.15, -0.1) is 0 Å². The van der Waals surface area contributed by atoms with E-state index in [2.05, 4.69) is 57.4 Å². The predicted molar refractivity (Wildman–Crippen MR) is 79.4 cm³/mol. The van der Waals surface area contributed by atoms with Crippen LogP contribution in [0.15, 0.2) is 12.1 Å². The Hall–Kier alpha value is -1.02. The standard InChI is InChI=1S/C16H26N2/c1-11-8-13(3)15(9-12(11)2)18-14-6-7-17-16(4,5)10-14/h8-9,14,17-18H,6-7,10H2,1-5H3. The van der Waals surface area contributed by atoms with Crippen molar-refractivity contribution in [3.63, 3.8) is 0 Å². The minimum atomic E-state index is 0.254. The fraction of sp³-hybridized carbons (Fsp3) is 0.625. The van der Waals surface area contributed by atoms with Crippen molar-refractivity contribution >= 4 is 5.69 Å². The normalized spacial score (nSPS) is 22.8. The van der Waals surface area contributed by atoms with Crippen LogP contribution in [0.3, 0.4) is 0 Å². The van der Waals surface area contributed by atoms with Crippen molar-refractivity contribution in [2.75, 3.05) is 11.9 Å². The summed E-state index contributed by atoms with van der Waals surface area (Å²) in [5.74, 6) is 0. The Labute approximate surface area is 111 Å². The lowest BCUT2D eigenvalue weighted by atomic mass is 9.89. The number of hydrogen-bond acceptors (Lipinski definition) is 2. The highest BCUT2D eigenvalue weighted by Gasteiger charge is 2.27. The Morgan fingerprint density at radius 3 is 2.44 bits per heavy atom. The third-order valence-corrected chi connectivity index (χ3v) is 4.05. The maximum absolute atomic E-state index is 3.73. The Morgan fingerprint density at radius 1 is 1.11 bits per heavy atom. The summed E-state index contributed by atoms with van der Waals surface area (Å²) in [4.78, 5) is 0. The lowest BCUT2D eigenvalue weighted by molar-refractivity contribution is 0.286. The SMILES string of the molecule is Cc1cc(C)c(NC2CCNC(C)(C)C2)cc1C. The van der Waals surface area contributed by atoms with E-state index in [1.807, 2.05) is 0 Å². The third-order valence-electron chi connectivity index (χ3n) is 4.05. The second kappa shape index (κ2) is 4.93. The summed E-state index contributed by atoms with van der Waals surface area (Å²) in [6.45, 7) is 12.2. The van der Waals surface area contributed by atoms with Gasteiger partial charge in [-0.2, -0.15) is 0 Å². The monoisotopic (exact) mass is 246 g/mol. The number of hydrogen-bond donors (Lipinski definition) is 2. The molecule has 0 aromatic heterocycles. The van der Waals surface area contributed by atoms with Crippen LogP contribution in [0, 0.1) is 20.8 Å². The molecule has 100 valence electrons. The molecule has 1 unspecified atom stereocenters. The van der Waals surface area contributed by atoms with Gasteiger partial charge in [0.2, 0.25) is 0 Å². The topological polar surface area (TPSA) is 24.1 Å². The van der Waals surface area contributed by atoms with E-state index in [0.717, 1.165) is 6.54 Å². The molecule has 0 saturated carbocycles. The van der Waals surface area contributed by atoms with E-state index in [1.165, 1.54) is 35.2 Å². The number of rotatable bonds is 2. The molecule has 1 saturated heterocycles. The van der Waals surface area contributed by atoms with E-state index in [1.54, 1.807) is 0 Å². The Balaban J connectivity index is 2.12. The van der Waals surface area contributed by atoms with Gasteiger partial charge in [0.25, 0.3) is 0 Å². The summed E-state index contributed by atoms with van der Waals surface area (Å²) in [6.07, 6.45) is 2.38. The lowest BCUT2D eigenvalue weighted by Gasteiger charge is -2.37. The van der Waals surface area contributed by atoms with Gasteiger partial charge in [-0.25, -0.2) is 0 Å². The average Bonchev–Trinajstić information content (AvgIpc) is 2.24. The van der Waals surface area contributed by atoms with E-state index in [4.69, 9.17) is 0 Å². The van der Waals surface area contributed by atoms with Crippen LogP contribution in [-0.2, 0) is 0 Å². The molecule has 1 aliphatic heterocycles. The molecule has 1 aromatic rings. The number of nitrogens with one attached hydrogen (secondary N) is 2. The van der Waals surface area contributed by atoms with E-state index >= 15 is 0 Å². The van der Waals surface area contributed by atoms with Gasteiger partial charge in [-0.1, -0.05) is 6.07 Å². The average molecular weight is 246 g/mol. The molecule has 1 atom stereocenters. The van der Waals surface area contributed by atoms with Gasteiger partial charge >= 0.3 is 0 Å². The second-order valence-corrected chi connectivity index (χ2v) is 6.40. The molecule has 0 aliphatic carbocycles. The predicted octanol–water partition coefficient (Wildman–Crippen LogP) is 3.55. The number of benzene rings is 1. The van der Waals surface area contributed by atoms with Crippen LogP contribution in [0.5, 0.6) is 0 Å². The van der Waals surface area contributed by atoms with Crippen molar-refractivity contribution in [1.82, 2.24) is 5.32 Å². The zero-order chi connectivity index (χ0) is 13.3. The molecule has 0 radical (unpaired) electrons. The summed E-state index contributed by atoms with van der Waals surface area (Å²) in [5.41, 5.74) is 5.67. The zero-order valence-electron chi connectivity index (χ0n) is 12.4. The van der Waals surface area contributed by atoms with Crippen molar-refractivity contribution in [1.29, 1.82) is 0 Å². The van der Waals surface area contributed by atoms with Crippen molar-refractivity contribution in [3.05, 3.63) is 28.8 Å². The van der Waals surface area contributed by atoms with Crippen molar-refractivity contribution in [2.24, 2.45) is 0 Å². The van der Waals surface area contributed by atoms with Gasteiger partial charge in [0.15, 0.2) is 0 Å². The van der Waals surface area contributed by atoms with Crippen LogP contribution in [0.4, 0.5) is 5.69 Å². The highest BCUT2D eigenvalue weighted by molar-refractivity contribution is 5.55. The Bertz CT molecular complexity index is 435. The molecule has 1 heterocycles. The fourth-order valence-corrected chi connectivity index (χ4v) is 2.83. The van der Waals surface area contributed by atoms with Gasteiger partial charge < -0.3 is 10.6 Å². The van der Waals surface area contributed by atoms with Crippen LogP contribution in [0.25, 0.3) is 0 Å². The van der Waals surface area contributed by atoms with E-state index in [0.29, 0.717) is 6.04 Å². The summed E-state index contributed by atoms with van der Waals surface area (Å²) in [5, 5.41) is 7.30. The van der Waals surface area contributed by atoms with Crippen LogP contribution in [0.1, 0.15) is 43.4 Å². The molecule has 2 N–H and O–H groups in total. The van der Waals surface area contributed by atoms with Crippen molar-refractivity contribution < 1.29 is 0 Å². The van der Waals surface area contributed by atoms with E-state index < -0.39 is 0 Å². The molecule has 0 amide bonds. The first kappa shape index (κ1) is 13.4. The minimum Gasteiger partial charge on any atom is -0.382 e. The molecule has 1 fully saturated rings. The van der Waals surface area contributed by atoms with Gasteiger partial charge in [-0.05, 0) is 76.8 Å². The summed E-state index contributed by atoms with van der Waals surface area (Å²) in [6, 6.07) is 5.16. The fourth-order valence-electron chi connectivity index (χ4n) is 2.83. The smallest absolute Gasteiger partial charge is 0.0374 e. The molecule has 1 aromatic carbocycles. The largest absolute Gasteiger partial charge is 0.382 e. The van der Waals surface area contributed by atoms with Crippen LogP contribution >= 0.6 is 0 Å². The molecule has 1 aliphatic rings. The summed E-state index contributed by atoms with van der Waals surface area (Å²) in [7, 11) is 0. The molecule has 2 heteroatoms. The Morgan fingerprint density at radius 2 is 1.78 bits per heavy atom. The summed E-state index contributed by atoms with van der Waals surface area (Å²) >= 11 is 0. The lowest BCUT2D eigenvalue weighted by Crippen LogP contribution is -2.50. The van der Waals surface area contributed by atoms with Crippen molar-refractivity contribution in [3.8, 4) is 0 Å². The van der Waals surface area contributed by atoms with Crippen molar-refractivity contribution in [2.45, 2.75) is 59.0 Å². The van der Waals surface area contributed by atoms with E-state index in [-0.39, 0.29) is 5.54 Å². The third kappa shape index (κ3) is 3.05. The van der Waals surface area contributed by atoms with Gasteiger partial charge in [0, 0.05) is 17.3 Å². The molecule has 0 spiro atoms. The van der Waals surface area contributed by atoms with Crippen LogP contribution in [-0.4, -0.2) is 18.1 Å². The quantitative estimate of drug-likeness (QED) is 0.834. The van der Waals surface area contributed by atoms with Gasteiger partial charge in [0.1, 0.15) is 0 Å². The molecular formula is C16H26N2.